The van der Waals surface area contributed by atoms with Crippen molar-refractivity contribution in [1.82, 2.24) is 10.6 Å². The highest BCUT2D eigenvalue weighted by atomic mass is 35.5. The monoisotopic (exact) mass is 353 g/mol. The van der Waals surface area contributed by atoms with Gasteiger partial charge in [-0.2, -0.15) is 0 Å². The molecule has 2 aliphatic heterocycles. The highest BCUT2D eigenvalue weighted by Crippen LogP contribution is 2.22. The number of hydrogen-bond donors (Lipinski definition) is 2. The summed E-state index contributed by atoms with van der Waals surface area (Å²) in [6.07, 6.45) is 3.30. The second-order valence-electron chi connectivity index (χ2n) is 5.72. The van der Waals surface area contributed by atoms with E-state index in [0.29, 0.717) is 12.1 Å². The number of anilines is 1. The van der Waals surface area contributed by atoms with Gasteiger partial charge < -0.3 is 15.5 Å². The van der Waals surface area contributed by atoms with Crippen LogP contribution in [0.4, 0.5) is 14.5 Å². The predicted molar refractivity (Wildman–Crippen MR) is 90.5 cm³/mol. The molecule has 2 saturated heterocycles. The van der Waals surface area contributed by atoms with Gasteiger partial charge in [0.25, 0.3) is 0 Å². The van der Waals surface area contributed by atoms with E-state index in [2.05, 4.69) is 15.5 Å². The summed E-state index contributed by atoms with van der Waals surface area (Å²) >= 11 is 0. The molecule has 0 radical (unpaired) electrons. The molecular weight excluding hydrogens is 331 g/mol. The molecule has 7 heteroatoms. The highest BCUT2D eigenvalue weighted by Gasteiger charge is 2.23. The number of halogens is 4. The number of nitrogens with one attached hydrogen (secondary N) is 2. The lowest BCUT2D eigenvalue weighted by molar-refractivity contribution is 0.375. The Morgan fingerprint density at radius 3 is 2.32 bits per heavy atom. The van der Waals surface area contributed by atoms with Gasteiger partial charge in [-0.1, -0.05) is 0 Å². The van der Waals surface area contributed by atoms with Crippen LogP contribution in [-0.4, -0.2) is 38.3 Å². The number of benzene rings is 1. The topological polar surface area (TPSA) is 27.3 Å². The Morgan fingerprint density at radius 1 is 1.00 bits per heavy atom. The molecule has 1 aromatic carbocycles. The first-order valence-electron chi connectivity index (χ1n) is 7.39. The molecule has 1 atom stereocenters. The van der Waals surface area contributed by atoms with E-state index in [0.717, 1.165) is 44.7 Å². The molecule has 3 rings (SSSR count). The van der Waals surface area contributed by atoms with Gasteiger partial charge in [-0.15, -0.1) is 24.8 Å². The highest BCUT2D eigenvalue weighted by molar-refractivity contribution is 5.85. The van der Waals surface area contributed by atoms with Crippen LogP contribution in [0, 0.1) is 11.6 Å². The van der Waals surface area contributed by atoms with E-state index in [1.54, 1.807) is 6.07 Å². The standard InChI is InChI=1S/C15H21F2N3.2ClH/c16-14-2-1-13(9-15(14)17)20-7-4-11(5-8-20)19-12-3-6-18-10-12;;/h1-2,9,11-12,18-19H,3-8,10H2;2*1H. The zero-order chi connectivity index (χ0) is 13.9. The minimum absolute atomic E-state index is 0. The molecule has 22 heavy (non-hydrogen) atoms. The van der Waals surface area contributed by atoms with Gasteiger partial charge in [0, 0.05) is 43.5 Å². The molecule has 2 aliphatic rings. The van der Waals surface area contributed by atoms with Crippen molar-refractivity contribution in [2.45, 2.75) is 31.3 Å². The minimum Gasteiger partial charge on any atom is -0.371 e. The number of rotatable bonds is 3. The van der Waals surface area contributed by atoms with Crippen molar-refractivity contribution in [2.75, 3.05) is 31.1 Å². The lowest BCUT2D eigenvalue weighted by atomic mass is 10.0. The Kier molecular flexibility index (Phi) is 7.83. The maximum absolute atomic E-state index is 13.3. The van der Waals surface area contributed by atoms with Gasteiger partial charge in [0.1, 0.15) is 0 Å². The van der Waals surface area contributed by atoms with E-state index in [4.69, 9.17) is 0 Å². The second kappa shape index (κ2) is 8.87. The Balaban J connectivity index is 0.00000121. The second-order valence-corrected chi connectivity index (χ2v) is 5.72. The van der Waals surface area contributed by atoms with Crippen LogP contribution < -0.4 is 15.5 Å². The Hall–Kier alpha value is -0.620. The molecule has 2 fully saturated rings. The van der Waals surface area contributed by atoms with Gasteiger partial charge in [-0.05, 0) is 37.9 Å². The van der Waals surface area contributed by atoms with Crippen LogP contribution in [0.5, 0.6) is 0 Å². The maximum atomic E-state index is 13.3. The Bertz CT molecular complexity index is 462. The third kappa shape index (κ3) is 4.69. The van der Waals surface area contributed by atoms with Gasteiger partial charge in [0.15, 0.2) is 11.6 Å². The summed E-state index contributed by atoms with van der Waals surface area (Å²) in [4.78, 5) is 2.13. The lowest BCUT2D eigenvalue weighted by Crippen LogP contribution is -2.46. The van der Waals surface area contributed by atoms with Gasteiger partial charge in [0.2, 0.25) is 0 Å². The zero-order valence-corrected chi connectivity index (χ0v) is 14.0. The number of hydrogen-bond acceptors (Lipinski definition) is 3. The molecule has 126 valence electrons. The van der Waals surface area contributed by atoms with Crippen LogP contribution in [0.1, 0.15) is 19.3 Å². The number of nitrogens with zero attached hydrogens (tertiary/aromatic N) is 1. The SMILES string of the molecule is Cl.Cl.Fc1ccc(N2CCC(NC3CCNC3)CC2)cc1F. The lowest BCUT2D eigenvalue weighted by Gasteiger charge is -2.35. The molecule has 2 N–H and O–H groups in total. The molecule has 0 bridgehead atoms. The van der Waals surface area contributed by atoms with Crippen LogP contribution in [0.25, 0.3) is 0 Å². The van der Waals surface area contributed by atoms with E-state index in [-0.39, 0.29) is 24.8 Å². The quantitative estimate of drug-likeness (QED) is 0.874. The van der Waals surface area contributed by atoms with E-state index in [1.165, 1.54) is 18.6 Å². The fourth-order valence-corrected chi connectivity index (χ4v) is 3.12. The summed E-state index contributed by atoms with van der Waals surface area (Å²) in [6.45, 7) is 3.94. The fourth-order valence-electron chi connectivity index (χ4n) is 3.12. The van der Waals surface area contributed by atoms with Crippen molar-refractivity contribution in [3.05, 3.63) is 29.8 Å². The van der Waals surface area contributed by atoms with Crippen molar-refractivity contribution >= 4 is 30.5 Å². The maximum Gasteiger partial charge on any atom is 0.160 e. The van der Waals surface area contributed by atoms with E-state index in [1.807, 2.05) is 0 Å². The predicted octanol–water partition coefficient (Wildman–Crippen LogP) is 2.73. The van der Waals surface area contributed by atoms with Gasteiger partial charge in [0.05, 0.1) is 0 Å². The largest absolute Gasteiger partial charge is 0.371 e. The molecule has 0 spiro atoms. The third-order valence-electron chi connectivity index (χ3n) is 4.30. The van der Waals surface area contributed by atoms with Crippen molar-refractivity contribution in [1.29, 1.82) is 0 Å². The molecule has 0 aromatic heterocycles. The minimum atomic E-state index is -0.779. The average molecular weight is 354 g/mol. The normalized spacial score (nSPS) is 22.1. The Morgan fingerprint density at radius 2 is 1.73 bits per heavy atom. The van der Waals surface area contributed by atoms with Crippen LogP contribution in [-0.2, 0) is 0 Å². The van der Waals surface area contributed by atoms with Crippen molar-refractivity contribution in [2.24, 2.45) is 0 Å². The summed E-state index contributed by atoms with van der Waals surface area (Å²) in [7, 11) is 0. The van der Waals surface area contributed by atoms with Crippen molar-refractivity contribution in [3.63, 3.8) is 0 Å². The Labute approximate surface area is 142 Å². The summed E-state index contributed by atoms with van der Waals surface area (Å²) in [5.41, 5.74) is 0.782. The van der Waals surface area contributed by atoms with Crippen LogP contribution in [0.15, 0.2) is 18.2 Å². The van der Waals surface area contributed by atoms with E-state index in [9.17, 15) is 8.78 Å². The molecule has 3 nitrogen and oxygen atoms in total. The van der Waals surface area contributed by atoms with Crippen LogP contribution >= 0.6 is 24.8 Å². The number of piperidine rings is 1. The van der Waals surface area contributed by atoms with Crippen molar-refractivity contribution in [3.8, 4) is 0 Å². The molecule has 0 saturated carbocycles. The fraction of sp³-hybridized carbons (Fsp3) is 0.600. The van der Waals surface area contributed by atoms with Gasteiger partial charge in [-0.25, -0.2) is 8.78 Å². The summed E-state index contributed by atoms with van der Waals surface area (Å²) in [5, 5.41) is 7.05. The molecule has 2 heterocycles. The molecule has 1 aromatic rings. The van der Waals surface area contributed by atoms with E-state index >= 15 is 0 Å². The summed E-state index contributed by atoms with van der Waals surface area (Å²) in [5.74, 6) is -1.54. The summed E-state index contributed by atoms with van der Waals surface area (Å²) in [6, 6.07) is 5.30. The summed E-state index contributed by atoms with van der Waals surface area (Å²) < 4.78 is 26.2. The first kappa shape index (κ1) is 19.4. The van der Waals surface area contributed by atoms with Gasteiger partial charge >= 0.3 is 0 Å². The first-order chi connectivity index (χ1) is 9.72. The zero-order valence-electron chi connectivity index (χ0n) is 12.4. The van der Waals surface area contributed by atoms with E-state index < -0.39 is 11.6 Å². The van der Waals surface area contributed by atoms with Crippen LogP contribution in [0.2, 0.25) is 0 Å². The third-order valence-corrected chi connectivity index (χ3v) is 4.30. The van der Waals surface area contributed by atoms with Gasteiger partial charge in [-0.3, -0.25) is 0 Å². The molecule has 0 aliphatic carbocycles. The molecule has 1 unspecified atom stereocenters. The average Bonchev–Trinajstić information content (AvgIpc) is 2.96. The first-order valence-corrected chi connectivity index (χ1v) is 7.39. The molecule has 0 amide bonds. The van der Waals surface area contributed by atoms with Crippen molar-refractivity contribution < 1.29 is 8.78 Å². The smallest absolute Gasteiger partial charge is 0.160 e. The molecular formula is C15H23Cl2F2N3. The van der Waals surface area contributed by atoms with Crippen LogP contribution in [0.3, 0.4) is 0 Å².